The van der Waals surface area contributed by atoms with Crippen LogP contribution in [0.1, 0.15) is 117 Å². The molecule has 0 heterocycles. The van der Waals surface area contributed by atoms with Gasteiger partial charge in [-0.1, -0.05) is 0 Å². The summed E-state index contributed by atoms with van der Waals surface area (Å²) in [6.45, 7) is 6.13. The molecule has 0 aromatic heterocycles. The predicted molar refractivity (Wildman–Crippen MR) is 137 cm³/mol. The fourth-order valence-electron chi connectivity index (χ4n) is 3.20. The Hall–Kier alpha value is 0.600. The van der Waals surface area contributed by atoms with Gasteiger partial charge in [-0.2, -0.15) is 0 Å². The van der Waals surface area contributed by atoms with Crippen LogP contribution in [0, 0.1) is 0 Å². The third-order valence-corrected chi connectivity index (χ3v) is 20.5. The van der Waals surface area contributed by atoms with Gasteiger partial charge < -0.3 is 0 Å². The average Bonchev–Trinajstić information content (AvgIpc) is 2.72. The minimum atomic E-state index is -4.93. The number of rotatable bonds is 24. The fraction of sp³-hybridized carbons (Fsp3) is 1.00. The molecule has 0 rings (SSSR count). The Labute approximate surface area is 218 Å². The van der Waals surface area contributed by atoms with Gasteiger partial charge in [-0.15, -0.1) is 0 Å². The predicted octanol–water partition coefficient (Wildman–Crippen LogP) is 4.92. The van der Waals surface area contributed by atoms with Crippen LogP contribution in [-0.4, -0.2) is 65.3 Å². The molecule has 0 aromatic rings. The first-order chi connectivity index (χ1) is 16.0. The normalized spacial score (nSPS) is 12.8. The molecule has 0 aliphatic heterocycles. The van der Waals surface area contributed by atoms with Crippen molar-refractivity contribution in [3.8, 4) is 0 Å². The zero-order valence-corrected chi connectivity index (χ0v) is 26.9. The van der Waals surface area contributed by atoms with Crippen molar-refractivity contribution in [2.75, 3.05) is 17.3 Å². The third-order valence-electron chi connectivity index (χ3n) is 5.17. The molecule has 0 saturated heterocycles. The van der Waals surface area contributed by atoms with Crippen molar-refractivity contribution in [2.45, 2.75) is 117 Å². The second kappa shape index (κ2) is 19.7. The summed E-state index contributed by atoms with van der Waals surface area (Å²) < 4.78 is 89.3. The van der Waals surface area contributed by atoms with Crippen LogP contribution in [0.15, 0.2) is 0 Å². The van der Waals surface area contributed by atoms with E-state index >= 15 is 0 Å². The van der Waals surface area contributed by atoms with Gasteiger partial charge >= 0.3 is 220 Å². The van der Waals surface area contributed by atoms with Gasteiger partial charge in [-0.05, 0) is 0 Å². The molecule has 0 saturated carbocycles. The van der Waals surface area contributed by atoms with Gasteiger partial charge in [0.1, 0.15) is 0 Å². The fourth-order valence-corrected chi connectivity index (χ4v) is 17.4. The van der Waals surface area contributed by atoms with E-state index in [0.717, 1.165) is 57.8 Å². The van der Waals surface area contributed by atoms with E-state index in [9.17, 15) is 25.3 Å². The van der Waals surface area contributed by atoms with Crippen LogP contribution in [0.2, 0.25) is 0 Å². The van der Waals surface area contributed by atoms with Crippen LogP contribution in [0.5, 0.6) is 0 Å². The van der Waals surface area contributed by atoms with E-state index in [1.165, 1.54) is 0 Å². The molecule has 0 unspecified atom stereocenters. The van der Waals surface area contributed by atoms with Crippen molar-refractivity contribution < 1.29 is 32.2 Å². The van der Waals surface area contributed by atoms with Crippen molar-refractivity contribution in [3.63, 3.8) is 0 Å². The second-order valence-corrected chi connectivity index (χ2v) is 20.3. The van der Waals surface area contributed by atoms with Gasteiger partial charge in [0.25, 0.3) is 0 Å². The topological polar surface area (TPSA) is 130 Å². The molecule has 0 spiro atoms. The van der Waals surface area contributed by atoms with Crippen LogP contribution in [0.3, 0.4) is 0 Å². The molecular weight excluding hydrogens is 607 g/mol. The summed E-state index contributed by atoms with van der Waals surface area (Å²) in [6.07, 6.45) is 11.7. The molecule has 34 heavy (non-hydrogen) atoms. The summed E-state index contributed by atoms with van der Waals surface area (Å²) in [6, 6.07) is 0. The summed E-state index contributed by atoms with van der Waals surface area (Å²) >= 11 is -4.93. The van der Waals surface area contributed by atoms with Crippen molar-refractivity contribution in [1.29, 1.82) is 0 Å². The van der Waals surface area contributed by atoms with Gasteiger partial charge in [0.2, 0.25) is 0 Å². The number of hydrogen-bond acceptors (Lipinski definition) is 9. The SMILES string of the molecule is CCCCCCCS(=O)(=O)[O][In]([O]S(=O)(=O)CCCCCCC)[O]S(=O)(=O)CCCCCCC. The third kappa shape index (κ3) is 20.8. The molecule has 0 atom stereocenters. The molecule has 0 aromatic carbocycles. The number of unbranched alkanes of at least 4 members (excludes halogenated alkanes) is 12. The summed E-state index contributed by atoms with van der Waals surface area (Å²) in [7, 11) is -12.5. The maximum atomic E-state index is 12.4. The first-order valence-electron chi connectivity index (χ1n) is 12.7. The van der Waals surface area contributed by atoms with Crippen molar-refractivity contribution >= 4 is 53.1 Å². The van der Waals surface area contributed by atoms with E-state index in [2.05, 4.69) is 0 Å². The van der Waals surface area contributed by atoms with E-state index in [4.69, 9.17) is 6.90 Å². The van der Waals surface area contributed by atoms with E-state index in [0.29, 0.717) is 38.5 Å². The van der Waals surface area contributed by atoms with Gasteiger partial charge in [-0.25, -0.2) is 0 Å². The summed E-state index contributed by atoms with van der Waals surface area (Å²) in [4.78, 5) is 0. The Morgan fingerprint density at radius 1 is 0.412 bits per heavy atom. The number of hydrogen-bond donors (Lipinski definition) is 0. The molecule has 204 valence electrons. The van der Waals surface area contributed by atoms with E-state index in [1.807, 2.05) is 20.8 Å². The van der Waals surface area contributed by atoms with Crippen molar-refractivity contribution in [1.82, 2.24) is 0 Å². The minimum absolute atomic E-state index is 0.328. The molecule has 0 N–H and O–H groups in total. The average molecular weight is 653 g/mol. The Bertz CT molecular complexity index is 703. The molecule has 13 heteroatoms. The molecule has 0 fully saturated rings. The van der Waals surface area contributed by atoms with Gasteiger partial charge in [0.15, 0.2) is 0 Å². The van der Waals surface area contributed by atoms with Crippen molar-refractivity contribution in [2.24, 2.45) is 0 Å². The maximum absolute atomic E-state index is 12.4. The molecule has 0 bridgehead atoms. The zero-order valence-electron chi connectivity index (χ0n) is 21.2. The zero-order chi connectivity index (χ0) is 25.9. The van der Waals surface area contributed by atoms with Crippen LogP contribution in [0.25, 0.3) is 0 Å². The first kappa shape index (κ1) is 34.6. The molecule has 0 aliphatic rings. The Morgan fingerprint density at radius 2 is 0.647 bits per heavy atom. The molecule has 0 amide bonds. The van der Waals surface area contributed by atoms with Gasteiger partial charge in [0, 0.05) is 0 Å². The molecular formula is C21H45InO9S3. The van der Waals surface area contributed by atoms with E-state index in [1.54, 1.807) is 0 Å². The summed E-state index contributed by atoms with van der Waals surface area (Å²) in [5, 5.41) is 0. The quantitative estimate of drug-likeness (QED) is 0.133. The Morgan fingerprint density at radius 3 is 0.882 bits per heavy atom. The van der Waals surface area contributed by atoms with Crippen LogP contribution in [0.4, 0.5) is 0 Å². The Kier molecular flexibility index (Phi) is 20.0. The van der Waals surface area contributed by atoms with Crippen LogP contribution >= 0.6 is 0 Å². The van der Waals surface area contributed by atoms with Gasteiger partial charge in [-0.3, -0.25) is 0 Å². The van der Waals surface area contributed by atoms with E-state index < -0.39 is 53.1 Å². The summed E-state index contributed by atoms with van der Waals surface area (Å²) in [5.41, 5.74) is 0. The van der Waals surface area contributed by atoms with Crippen molar-refractivity contribution in [3.05, 3.63) is 0 Å². The summed E-state index contributed by atoms with van der Waals surface area (Å²) in [5.74, 6) is -0.985. The molecule has 9 nitrogen and oxygen atoms in total. The van der Waals surface area contributed by atoms with Gasteiger partial charge in [0.05, 0.1) is 0 Å². The Balaban J connectivity index is 5.09. The van der Waals surface area contributed by atoms with E-state index in [-0.39, 0.29) is 17.3 Å². The first-order valence-corrected chi connectivity index (χ1v) is 21.5. The van der Waals surface area contributed by atoms with Crippen LogP contribution in [-0.2, 0) is 37.3 Å². The standard InChI is InChI=1S/3C7H16O3S.In/c3*1-2-3-4-5-6-7-11(8,9)10;/h3*2-7H2,1H3,(H,8,9,10);/q;;;+3/p-3. The monoisotopic (exact) mass is 652 g/mol. The molecule has 0 radical (unpaired) electrons. The molecule has 0 aliphatic carbocycles. The second-order valence-electron chi connectivity index (χ2n) is 8.61. The van der Waals surface area contributed by atoms with Crippen LogP contribution < -0.4 is 0 Å².